The molecule has 2 aliphatic heterocycles. The highest BCUT2D eigenvalue weighted by molar-refractivity contribution is 7.88. The zero-order valence-electron chi connectivity index (χ0n) is 22.8. The van der Waals surface area contributed by atoms with Crippen molar-refractivity contribution in [1.29, 1.82) is 0 Å². The zero-order chi connectivity index (χ0) is 28.1. The second-order valence-electron chi connectivity index (χ2n) is 9.76. The zero-order valence-corrected chi connectivity index (χ0v) is 23.6. The summed E-state index contributed by atoms with van der Waals surface area (Å²) in [5.41, 5.74) is 1.88. The second kappa shape index (κ2) is 12.8. The molecule has 1 unspecified atom stereocenters. The van der Waals surface area contributed by atoms with Gasteiger partial charge >= 0.3 is 0 Å². The molecule has 212 valence electrons. The van der Waals surface area contributed by atoms with Crippen molar-refractivity contribution in [3.05, 3.63) is 36.8 Å². The summed E-state index contributed by atoms with van der Waals surface area (Å²) < 4.78 is 39.4. The molecule has 1 aromatic heterocycles. The largest absolute Gasteiger partial charge is 0.598 e. The first-order valence-corrected chi connectivity index (χ1v) is 14.3. The first kappa shape index (κ1) is 28.9. The lowest BCUT2D eigenvalue weighted by atomic mass is 10.0. The van der Waals surface area contributed by atoms with Crippen LogP contribution in [0.4, 0.5) is 27.4 Å². The number of hydrogen-bond donors (Lipinski definition) is 2. The number of nitrogens with zero attached hydrogens (tertiary/aromatic N) is 5. The minimum atomic E-state index is -1.12. The van der Waals surface area contributed by atoms with Gasteiger partial charge in [-0.2, -0.15) is 9.37 Å². The van der Waals surface area contributed by atoms with Gasteiger partial charge in [-0.05, 0) is 39.1 Å². The van der Waals surface area contributed by atoms with Crippen LogP contribution in [0.2, 0.25) is 0 Å². The highest BCUT2D eigenvalue weighted by Crippen LogP contribution is 2.39. The van der Waals surface area contributed by atoms with Gasteiger partial charge < -0.3 is 34.5 Å². The highest BCUT2D eigenvalue weighted by atomic mass is 32.2. The van der Waals surface area contributed by atoms with Crippen molar-refractivity contribution in [3.63, 3.8) is 0 Å². The van der Waals surface area contributed by atoms with Crippen molar-refractivity contribution in [3.8, 4) is 11.6 Å². The molecular weight excluding hydrogens is 525 g/mol. The van der Waals surface area contributed by atoms with E-state index in [0.29, 0.717) is 42.7 Å². The molecule has 39 heavy (non-hydrogen) atoms. The number of nitrogens with one attached hydrogen (secondary N) is 2. The van der Waals surface area contributed by atoms with Gasteiger partial charge in [0.05, 0.1) is 36.9 Å². The van der Waals surface area contributed by atoms with E-state index in [1.165, 1.54) is 6.08 Å². The van der Waals surface area contributed by atoms with Crippen molar-refractivity contribution in [1.82, 2.24) is 19.2 Å². The van der Waals surface area contributed by atoms with E-state index in [2.05, 4.69) is 51.1 Å². The number of methoxy groups -OCH3 is 1. The smallest absolute Gasteiger partial charge is 0.255 e. The Balaban J connectivity index is 1.58. The molecule has 2 N–H and O–H groups in total. The fraction of sp³-hybridized carbons (Fsp3) is 0.500. The van der Waals surface area contributed by atoms with Crippen LogP contribution in [0.5, 0.6) is 11.6 Å². The summed E-state index contributed by atoms with van der Waals surface area (Å²) in [5.74, 6) is -0.634. The quantitative estimate of drug-likeness (QED) is 0.331. The number of aromatic nitrogens is 2. The molecule has 1 amide bonds. The Morgan fingerprint density at radius 2 is 2.00 bits per heavy atom. The van der Waals surface area contributed by atoms with E-state index >= 15 is 0 Å². The first-order valence-electron chi connectivity index (χ1n) is 12.8. The molecule has 0 aliphatic carbocycles. The fourth-order valence-electron chi connectivity index (χ4n) is 4.80. The van der Waals surface area contributed by atoms with Gasteiger partial charge in [0.2, 0.25) is 17.7 Å². The van der Waals surface area contributed by atoms with Crippen molar-refractivity contribution in [2.75, 3.05) is 69.2 Å². The molecular formula is C26H36FN7O4S. The minimum Gasteiger partial charge on any atom is -0.598 e. The van der Waals surface area contributed by atoms with E-state index < -0.39 is 17.2 Å². The van der Waals surface area contributed by atoms with Crippen LogP contribution in [0.25, 0.3) is 0 Å². The van der Waals surface area contributed by atoms with Crippen LogP contribution >= 0.6 is 0 Å². The second-order valence-corrected chi connectivity index (χ2v) is 11.1. The molecule has 0 radical (unpaired) electrons. The molecule has 0 bridgehead atoms. The van der Waals surface area contributed by atoms with E-state index in [9.17, 15) is 13.7 Å². The van der Waals surface area contributed by atoms with E-state index in [1.54, 1.807) is 23.7 Å². The summed E-state index contributed by atoms with van der Waals surface area (Å²) in [7, 11) is 5.72. The number of ether oxygens (including phenoxy) is 2. The Morgan fingerprint density at radius 1 is 1.26 bits per heavy atom. The van der Waals surface area contributed by atoms with Gasteiger partial charge in [0.15, 0.2) is 0 Å². The highest BCUT2D eigenvalue weighted by Gasteiger charge is 2.31. The molecule has 2 fully saturated rings. The maximum atomic E-state index is 14.5. The van der Waals surface area contributed by atoms with E-state index in [-0.39, 0.29) is 23.8 Å². The summed E-state index contributed by atoms with van der Waals surface area (Å²) in [5, 5.41) is 5.96. The molecule has 0 spiro atoms. The summed E-state index contributed by atoms with van der Waals surface area (Å²) in [4.78, 5) is 25.0. The fourth-order valence-corrected chi connectivity index (χ4v) is 5.54. The normalized spacial score (nSPS) is 19.2. The summed E-state index contributed by atoms with van der Waals surface area (Å²) in [6.07, 6.45) is 6.10. The Hall–Kier alpha value is -3.13. The lowest BCUT2D eigenvalue weighted by Gasteiger charge is -2.37. The first-order chi connectivity index (χ1) is 18.7. The molecule has 2 saturated heterocycles. The SMILES string of the molecule is C=CC(=O)Nc1cc(Nc2ncc(F)c(O[C@@H]3CCN([S+](C)[O-])C3)n2)c(OC)cc1N1CCC(N(C)C)CC1. The molecule has 4 rings (SSSR count). The van der Waals surface area contributed by atoms with Crippen molar-refractivity contribution in [2.24, 2.45) is 0 Å². The average molecular weight is 562 g/mol. The van der Waals surface area contributed by atoms with Gasteiger partial charge in [0.1, 0.15) is 18.1 Å². The van der Waals surface area contributed by atoms with Gasteiger partial charge in [-0.1, -0.05) is 6.58 Å². The standard InChI is InChI=1S/C26H36FN7O4S/c1-6-24(35)29-20-13-21(23(37-4)14-22(20)33-10-7-17(8-11-33)32(2)3)30-26-28-15-19(27)25(31-26)38-18-9-12-34(16-18)39(5)36/h6,13-15,17-18H,1,7-12,16H2,2-5H3,(H,29,35)(H,28,30,31)/t18-,39?/m1/s1. The van der Waals surface area contributed by atoms with Gasteiger partial charge in [0, 0.05) is 49.5 Å². The molecule has 3 heterocycles. The third kappa shape index (κ3) is 7.10. The Morgan fingerprint density at radius 3 is 2.62 bits per heavy atom. The predicted molar refractivity (Wildman–Crippen MR) is 151 cm³/mol. The maximum Gasteiger partial charge on any atom is 0.255 e. The number of carbonyl (C=O) groups excluding carboxylic acids is 1. The average Bonchev–Trinajstić information content (AvgIpc) is 3.40. The Labute approximate surface area is 231 Å². The van der Waals surface area contributed by atoms with Crippen LogP contribution in [-0.2, 0) is 16.2 Å². The van der Waals surface area contributed by atoms with Crippen LogP contribution in [-0.4, -0.2) is 95.4 Å². The number of carbonyl (C=O) groups is 1. The van der Waals surface area contributed by atoms with Gasteiger partial charge in [-0.25, -0.2) is 4.98 Å². The van der Waals surface area contributed by atoms with Crippen LogP contribution in [0.1, 0.15) is 19.3 Å². The van der Waals surface area contributed by atoms with Crippen molar-refractivity contribution in [2.45, 2.75) is 31.4 Å². The van der Waals surface area contributed by atoms with E-state index in [0.717, 1.165) is 37.8 Å². The van der Waals surface area contributed by atoms with E-state index in [1.807, 2.05) is 6.07 Å². The molecule has 2 aromatic rings. The summed E-state index contributed by atoms with van der Waals surface area (Å²) in [6, 6.07) is 4.10. The minimum absolute atomic E-state index is 0.0964. The Bertz CT molecular complexity index is 1180. The number of amides is 1. The molecule has 11 nitrogen and oxygen atoms in total. The van der Waals surface area contributed by atoms with Gasteiger partial charge in [-0.3, -0.25) is 4.79 Å². The lowest BCUT2D eigenvalue weighted by molar-refractivity contribution is -0.111. The molecule has 2 atom stereocenters. The lowest BCUT2D eigenvalue weighted by Crippen LogP contribution is -2.42. The topological polar surface area (TPSA) is 118 Å². The van der Waals surface area contributed by atoms with Crippen molar-refractivity contribution >= 4 is 40.3 Å². The number of hydrogen-bond acceptors (Lipinski definition) is 10. The van der Waals surface area contributed by atoms with Crippen LogP contribution < -0.4 is 25.0 Å². The number of rotatable bonds is 10. The number of piperidine rings is 1. The summed E-state index contributed by atoms with van der Waals surface area (Å²) >= 11 is -1.12. The van der Waals surface area contributed by atoms with E-state index in [4.69, 9.17) is 9.47 Å². The summed E-state index contributed by atoms with van der Waals surface area (Å²) in [6.45, 7) is 6.23. The van der Waals surface area contributed by atoms with Gasteiger partial charge in [0.25, 0.3) is 5.88 Å². The monoisotopic (exact) mass is 561 g/mol. The Kier molecular flexibility index (Phi) is 9.49. The molecule has 1 aromatic carbocycles. The van der Waals surface area contributed by atoms with Crippen molar-refractivity contribution < 1.29 is 23.2 Å². The molecule has 13 heteroatoms. The molecule has 2 aliphatic rings. The number of benzene rings is 1. The number of anilines is 4. The third-order valence-electron chi connectivity index (χ3n) is 7.00. The molecule has 0 saturated carbocycles. The predicted octanol–water partition coefficient (Wildman–Crippen LogP) is 2.77. The van der Waals surface area contributed by atoms with Gasteiger partial charge in [-0.15, -0.1) is 4.31 Å². The van der Waals surface area contributed by atoms with Crippen LogP contribution in [0.3, 0.4) is 0 Å². The van der Waals surface area contributed by atoms with Crippen LogP contribution in [0.15, 0.2) is 31.0 Å². The third-order valence-corrected chi connectivity index (χ3v) is 8.06. The van der Waals surface area contributed by atoms with Crippen LogP contribution in [0, 0.1) is 5.82 Å². The number of halogens is 1. The maximum absolute atomic E-state index is 14.5.